The summed E-state index contributed by atoms with van der Waals surface area (Å²) in [7, 11) is 0. The SMILES string of the molecule is Fc1ccc(CCN2CCCC2)cc1F. The summed E-state index contributed by atoms with van der Waals surface area (Å²) in [6, 6.07) is 4.16. The van der Waals surface area contributed by atoms with E-state index in [9.17, 15) is 8.78 Å². The molecule has 1 heterocycles. The van der Waals surface area contributed by atoms with Gasteiger partial charge in [-0.15, -0.1) is 0 Å². The Kier molecular flexibility index (Phi) is 3.31. The van der Waals surface area contributed by atoms with Crippen molar-refractivity contribution in [1.29, 1.82) is 0 Å². The van der Waals surface area contributed by atoms with Gasteiger partial charge in [0.05, 0.1) is 0 Å². The van der Waals surface area contributed by atoms with Crippen LogP contribution in [0.25, 0.3) is 0 Å². The Morgan fingerprint density at radius 2 is 1.80 bits per heavy atom. The van der Waals surface area contributed by atoms with E-state index in [1.54, 1.807) is 6.07 Å². The number of likely N-dealkylation sites (tertiary alicyclic amines) is 1. The highest BCUT2D eigenvalue weighted by Gasteiger charge is 2.11. The van der Waals surface area contributed by atoms with E-state index >= 15 is 0 Å². The molecule has 1 aliphatic rings. The first kappa shape index (κ1) is 10.6. The molecule has 1 saturated heterocycles. The van der Waals surface area contributed by atoms with Crippen molar-refractivity contribution in [3.05, 3.63) is 35.4 Å². The van der Waals surface area contributed by atoms with Crippen LogP contribution in [-0.4, -0.2) is 24.5 Å². The minimum Gasteiger partial charge on any atom is -0.303 e. The molecule has 0 N–H and O–H groups in total. The van der Waals surface area contributed by atoms with Crippen LogP contribution in [0.3, 0.4) is 0 Å². The molecule has 0 saturated carbocycles. The van der Waals surface area contributed by atoms with Gasteiger partial charge in [0.2, 0.25) is 0 Å². The standard InChI is InChI=1S/C12H15F2N/c13-11-4-3-10(9-12(11)14)5-8-15-6-1-2-7-15/h3-4,9H,1-2,5-8H2. The second kappa shape index (κ2) is 4.71. The van der Waals surface area contributed by atoms with E-state index < -0.39 is 11.6 Å². The number of rotatable bonds is 3. The van der Waals surface area contributed by atoms with Gasteiger partial charge in [0.25, 0.3) is 0 Å². The molecule has 0 radical (unpaired) electrons. The molecule has 15 heavy (non-hydrogen) atoms. The molecule has 0 unspecified atom stereocenters. The maximum absolute atomic E-state index is 12.9. The molecule has 2 rings (SSSR count). The molecule has 1 fully saturated rings. The van der Waals surface area contributed by atoms with E-state index in [0.29, 0.717) is 0 Å². The summed E-state index contributed by atoms with van der Waals surface area (Å²) in [4.78, 5) is 2.36. The molecule has 0 bridgehead atoms. The maximum Gasteiger partial charge on any atom is 0.159 e. The van der Waals surface area contributed by atoms with Crippen molar-refractivity contribution in [2.45, 2.75) is 19.3 Å². The lowest BCUT2D eigenvalue weighted by atomic mass is 10.1. The quantitative estimate of drug-likeness (QED) is 0.742. The van der Waals surface area contributed by atoms with E-state index in [1.165, 1.54) is 25.0 Å². The van der Waals surface area contributed by atoms with Crippen LogP contribution < -0.4 is 0 Å². The average molecular weight is 211 g/mol. The van der Waals surface area contributed by atoms with E-state index in [1.807, 2.05) is 0 Å². The lowest BCUT2D eigenvalue weighted by Crippen LogP contribution is -2.21. The summed E-state index contributed by atoms with van der Waals surface area (Å²) >= 11 is 0. The summed E-state index contributed by atoms with van der Waals surface area (Å²) in [6.07, 6.45) is 3.33. The Hall–Kier alpha value is -0.960. The van der Waals surface area contributed by atoms with Gasteiger partial charge in [0, 0.05) is 6.54 Å². The molecule has 0 aromatic heterocycles. The summed E-state index contributed by atoms with van der Waals surface area (Å²) in [5, 5.41) is 0. The molecular weight excluding hydrogens is 196 g/mol. The monoisotopic (exact) mass is 211 g/mol. The number of hydrogen-bond donors (Lipinski definition) is 0. The first-order valence-electron chi connectivity index (χ1n) is 5.42. The number of nitrogens with zero attached hydrogens (tertiary/aromatic N) is 1. The highest BCUT2D eigenvalue weighted by molar-refractivity contribution is 5.18. The van der Waals surface area contributed by atoms with Crippen molar-refractivity contribution in [3.63, 3.8) is 0 Å². The zero-order valence-electron chi connectivity index (χ0n) is 8.68. The Bertz CT molecular complexity index is 332. The van der Waals surface area contributed by atoms with Crippen molar-refractivity contribution in [1.82, 2.24) is 4.90 Å². The van der Waals surface area contributed by atoms with Gasteiger partial charge in [0.1, 0.15) is 0 Å². The van der Waals surface area contributed by atoms with Crippen molar-refractivity contribution in [3.8, 4) is 0 Å². The Labute approximate surface area is 88.7 Å². The third kappa shape index (κ3) is 2.75. The molecule has 0 amide bonds. The van der Waals surface area contributed by atoms with E-state index in [0.717, 1.165) is 31.6 Å². The van der Waals surface area contributed by atoms with Gasteiger partial charge in [0.15, 0.2) is 11.6 Å². The summed E-state index contributed by atoms with van der Waals surface area (Å²) in [6.45, 7) is 3.23. The molecule has 1 aromatic carbocycles. The zero-order chi connectivity index (χ0) is 10.7. The Balaban J connectivity index is 1.90. The van der Waals surface area contributed by atoms with Crippen molar-refractivity contribution in [2.24, 2.45) is 0 Å². The summed E-state index contributed by atoms with van der Waals surface area (Å²) < 4.78 is 25.5. The molecule has 3 heteroatoms. The summed E-state index contributed by atoms with van der Waals surface area (Å²) in [5.41, 5.74) is 0.876. The number of halogens is 2. The Morgan fingerprint density at radius 3 is 2.47 bits per heavy atom. The molecular formula is C12H15F2N. The van der Waals surface area contributed by atoms with Crippen LogP contribution >= 0.6 is 0 Å². The minimum absolute atomic E-state index is 0.742. The van der Waals surface area contributed by atoms with E-state index in [4.69, 9.17) is 0 Å². The third-order valence-corrected chi connectivity index (χ3v) is 2.90. The molecule has 0 spiro atoms. The van der Waals surface area contributed by atoms with E-state index in [2.05, 4.69) is 4.90 Å². The molecule has 0 aliphatic carbocycles. The largest absolute Gasteiger partial charge is 0.303 e. The van der Waals surface area contributed by atoms with Crippen molar-refractivity contribution in [2.75, 3.05) is 19.6 Å². The minimum atomic E-state index is -0.764. The van der Waals surface area contributed by atoms with Crippen LogP contribution in [0.15, 0.2) is 18.2 Å². The summed E-state index contributed by atoms with van der Waals surface area (Å²) in [5.74, 6) is -1.51. The van der Waals surface area contributed by atoms with Crippen LogP contribution in [-0.2, 0) is 6.42 Å². The van der Waals surface area contributed by atoms with Gasteiger partial charge in [-0.1, -0.05) is 6.07 Å². The fourth-order valence-corrected chi connectivity index (χ4v) is 1.99. The normalized spacial score (nSPS) is 17.2. The highest BCUT2D eigenvalue weighted by atomic mass is 19.2. The molecule has 1 nitrogen and oxygen atoms in total. The van der Waals surface area contributed by atoms with Crippen LogP contribution in [0.2, 0.25) is 0 Å². The fraction of sp³-hybridized carbons (Fsp3) is 0.500. The highest BCUT2D eigenvalue weighted by Crippen LogP contribution is 2.12. The zero-order valence-corrected chi connectivity index (χ0v) is 8.68. The van der Waals surface area contributed by atoms with Gasteiger partial charge in [-0.2, -0.15) is 0 Å². The number of benzene rings is 1. The second-order valence-corrected chi connectivity index (χ2v) is 4.05. The second-order valence-electron chi connectivity index (χ2n) is 4.05. The van der Waals surface area contributed by atoms with Gasteiger partial charge in [-0.05, 0) is 50.0 Å². The van der Waals surface area contributed by atoms with Crippen LogP contribution in [0, 0.1) is 11.6 Å². The van der Waals surface area contributed by atoms with Crippen LogP contribution in [0.4, 0.5) is 8.78 Å². The van der Waals surface area contributed by atoms with Crippen molar-refractivity contribution >= 4 is 0 Å². The van der Waals surface area contributed by atoms with Gasteiger partial charge in [-0.3, -0.25) is 0 Å². The first-order valence-corrected chi connectivity index (χ1v) is 5.42. The van der Waals surface area contributed by atoms with Crippen LogP contribution in [0.1, 0.15) is 18.4 Å². The fourth-order valence-electron chi connectivity index (χ4n) is 1.99. The van der Waals surface area contributed by atoms with Gasteiger partial charge >= 0.3 is 0 Å². The third-order valence-electron chi connectivity index (χ3n) is 2.90. The molecule has 1 aromatic rings. The first-order chi connectivity index (χ1) is 7.25. The lowest BCUT2D eigenvalue weighted by molar-refractivity contribution is 0.343. The average Bonchev–Trinajstić information content (AvgIpc) is 2.73. The smallest absolute Gasteiger partial charge is 0.159 e. The maximum atomic E-state index is 12.9. The molecule has 0 atom stereocenters. The molecule has 82 valence electrons. The van der Waals surface area contributed by atoms with Crippen LogP contribution in [0.5, 0.6) is 0 Å². The van der Waals surface area contributed by atoms with Gasteiger partial charge in [-0.25, -0.2) is 8.78 Å². The van der Waals surface area contributed by atoms with E-state index in [-0.39, 0.29) is 0 Å². The predicted octanol–water partition coefficient (Wildman–Crippen LogP) is 2.60. The Morgan fingerprint density at radius 1 is 1.07 bits per heavy atom. The predicted molar refractivity (Wildman–Crippen MR) is 55.7 cm³/mol. The number of hydrogen-bond acceptors (Lipinski definition) is 1. The molecule has 1 aliphatic heterocycles. The van der Waals surface area contributed by atoms with Gasteiger partial charge < -0.3 is 4.90 Å². The van der Waals surface area contributed by atoms with Crippen molar-refractivity contribution < 1.29 is 8.78 Å². The topological polar surface area (TPSA) is 3.24 Å². The lowest BCUT2D eigenvalue weighted by Gasteiger charge is -2.14.